The quantitative estimate of drug-likeness (QED) is 0.806. The molecule has 2 atom stereocenters. The third kappa shape index (κ3) is 2.79. The van der Waals surface area contributed by atoms with Crippen molar-refractivity contribution in [2.24, 2.45) is 0 Å². The summed E-state index contributed by atoms with van der Waals surface area (Å²) in [4.78, 5) is 15.5. The van der Waals surface area contributed by atoms with E-state index >= 15 is 0 Å². The van der Waals surface area contributed by atoms with Crippen LogP contribution in [0.15, 0.2) is 12.5 Å². The maximum Gasteiger partial charge on any atom is 0.326 e. The van der Waals surface area contributed by atoms with E-state index in [1.165, 1.54) is 0 Å². The van der Waals surface area contributed by atoms with Crippen LogP contribution >= 0.6 is 0 Å². The van der Waals surface area contributed by atoms with Crippen LogP contribution in [0.3, 0.4) is 0 Å². The minimum Gasteiger partial charge on any atom is -0.480 e. The van der Waals surface area contributed by atoms with E-state index in [0.717, 1.165) is 38.0 Å². The zero-order valence-corrected chi connectivity index (χ0v) is 10.8. The Morgan fingerprint density at radius 2 is 2.42 bits per heavy atom. The molecule has 3 rings (SSSR count). The Balaban J connectivity index is 1.68. The molecule has 0 aromatic carbocycles. The summed E-state index contributed by atoms with van der Waals surface area (Å²) in [6.45, 7) is 1.36. The minimum absolute atomic E-state index is 0.138. The molecule has 2 aliphatic rings. The molecule has 0 spiro atoms. The average molecular weight is 265 g/mol. The van der Waals surface area contributed by atoms with Crippen molar-refractivity contribution in [3.8, 4) is 0 Å². The second kappa shape index (κ2) is 5.30. The molecule has 0 amide bonds. The van der Waals surface area contributed by atoms with Crippen LogP contribution in [0.1, 0.15) is 43.5 Å². The van der Waals surface area contributed by atoms with Gasteiger partial charge in [0.25, 0.3) is 0 Å². The lowest BCUT2D eigenvalue weighted by molar-refractivity contribution is -0.140. The summed E-state index contributed by atoms with van der Waals surface area (Å²) in [5, 5.41) is 12.5. The van der Waals surface area contributed by atoms with Gasteiger partial charge in [0.15, 0.2) is 0 Å². The molecule has 1 saturated carbocycles. The van der Waals surface area contributed by atoms with Crippen LogP contribution in [0.2, 0.25) is 0 Å². The first kappa shape index (κ1) is 12.6. The lowest BCUT2D eigenvalue weighted by Gasteiger charge is -2.18. The Kier molecular flexibility index (Phi) is 3.52. The van der Waals surface area contributed by atoms with Crippen molar-refractivity contribution >= 4 is 5.97 Å². The van der Waals surface area contributed by atoms with Crippen molar-refractivity contribution in [1.29, 1.82) is 0 Å². The van der Waals surface area contributed by atoms with Gasteiger partial charge in [-0.2, -0.15) is 0 Å². The number of carboxylic acids is 1. The molecule has 2 N–H and O–H groups in total. The van der Waals surface area contributed by atoms with Crippen LogP contribution in [0.4, 0.5) is 0 Å². The van der Waals surface area contributed by atoms with Gasteiger partial charge in [0.05, 0.1) is 24.3 Å². The van der Waals surface area contributed by atoms with Gasteiger partial charge in [-0.1, -0.05) is 0 Å². The van der Waals surface area contributed by atoms with Gasteiger partial charge in [0.2, 0.25) is 0 Å². The predicted molar refractivity (Wildman–Crippen MR) is 67.9 cm³/mol. The molecular weight excluding hydrogens is 246 g/mol. The summed E-state index contributed by atoms with van der Waals surface area (Å²) in [6.07, 6.45) is 7.81. The molecule has 1 aromatic rings. The lowest BCUT2D eigenvalue weighted by atomic mass is 10.2. The van der Waals surface area contributed by atoms with E-state index in [4.69, 9.17) is 4.74 Å². The van der Waals surface area contributed by atoms with Crippen molar-refractivity contribution in [3.63, 3.8) is 0 Å². The van der Waals surface area contributed by atoms with Gasteiger partial charge in [-0.05, 0) is 25.7 Å². The maximum atomic E-state index is 11.5. The van der Waals surface area contributed by atoms with Crippen LogP contribution in [-0.4, -0.2) is 39.9 Å². The number of carbonyl (C=O) groups is 1. The smallest absolute Gasteiger partial charge is 0.326 e. The standard InChI is InChI=1S/C13H19N3O3/c17-13(18)12(15-6-10-2-1-5-19-10)11-7-14-8-16(11)9-3-4-9/h7-10,12,15H,1-6H2,(H,17,18). The minimum atomic E-state index is -0.861. The third-order valence-electron chi connectivity index (χ3n) is 3.75. The highest BCUT2D eigenvalue weighted by Gasteiger charge is 2.31. The summed E-state index contributed by atoms with van der Waals surface area (Å²) in [7, 11) is 0. The first-order valence-corrected chi connectivity index (χ1v) is 6.85. The number of hydrogen-bond donors (Lipinski definition) is 2. The fraction of sp³-hybridized carbons (Fsp3) is 0.692. The second-order valence-corrected chi connectivity index (χ2v) is 5.27. The van der Waals surface area contributed by atoms with E-state index in [9.17, 15) is 9.90 Å². The number of carboxylic acid groups (broad SMARTS) is 1. The molecule has 19 heavy (non-hydrogen) atoms. The van der Waals surface area contributed by atoms with Crippen LogP contribution < -0.4 is 5.32 Å². The van der Waals surface area contributed by atoms with Crippen LogP contribution in [0.5, 0.6) is 0 Å². The van der Waals surface area contributed by atoms with Crippen molar-refractivity contribution in [2.75, 3.05) is 13.2 Å². The number of hydrogen-bond acceptors (Lipinski definition) is 4. The second-order valence-electron chi connectivity index (χ2n) is 5.27. The zero-order valence-electron chi connectivity index (χ0n) is 10.8. The summed E-state index contributed by atoms with van der Waals surface area (Å²) >= 11 is 0. The largest absolute Gasteiger partial charge is 0.480 e. The first-order chi connectivity index (χ1) is 9.25. The number of imidazole rings is 1. The Labute approximate surface area is 111 Å². The fourth-order valence-electron chi connectivity index (χ4n) is 2.57. The summed E-state index contributed by atoms with van der Waals surface area (Å²) in [5.41, 5.74) is 0.744. The summed E-state index contributed by atoms with van der Waals surface area (Å²) in [5.74, 6) is -0.861. The van der Waals surface area contributed by atoms with Crippen molar-refractivity contribution in [1.82, 2.24) is 14.9 Å². The fourth-order valence-corrected chi connectivity index (χ4v) is 2.57. The molecular formula is C13H19N3O3. The van der Waals surface area contributed by atoms with E-state index < -0.39 is 12.0 Å². The van der Waals surface area contributed by atoms with Gasteiger partial charge < -0.3 is 14.4 Å². The topological polar surface area (TPSA) is 76.4 Å². The number of aliphatic carboxylic acids is 1. The Morgan fingerprint density at radius 1 is 1.58 bits per heavy atom. The highest BCUT2D eigenvalue weighted by atomic mass is 16.5. The van der Waals surface area contributed by atoms with Gasteiger partial charge in [-0.25, -0.2) is 4.98 Å². The number of rotatable bonds is 6. The van der Waals surface area contributed by atoms with Crippen molar-refractivity contribution in [2.45, 2.75) is 43.9 Å². The molecule has 0 bridgehead atoms. The number of ether oxygens (including phenoxy) is 1. The van der Waals surface area contributed by atoms with Crippen LogP contribution in [0, 0.1) is 0 Å². The first-order valence-electron chi connectivity index (χ1n) is 6.85. The SMILES string of the molecule is O=C(O)C(NCC1CCCO1)c1cncn1C1CC1. The molecule has 2 heterocycles. The van der Waals surface area contributed by atoms with Crippen molar-refractivity contribution in [3.05, 3.63) is 18.2 Å². The molecule has 2 fully saturated rings. The lowest BCUT2D eigenvalue weighted by Crippen LogP contribution is -2.35. The summed E-state index contributed by atoms with van der Waals surface area (Å²) in [6, 6.07) is -0.267. The van der Waals surface area contributed by atoms with Crippen LogP contribution in [0.25, 0.3) is 0 Å². The zero-order chi connectivity index (χ0) is 13.2. The Bertz CT molecular complexity index is 450. The van der Waals surface area contributed by atoms with E-state index in [2.05, 4.69) is 10.3 Å². The van der Waals surface area contributed by atoms with E-state index in [1.807, 2.05) is 4.57 Å². The molecule has 0 radical (unpaired) electrons. The number of aromatic nitrogens is 2. The Hall–Kier alpha value is -1.40. The summed E-state index contributed by atoms with van der Waals surface area (Å²) < 4.78 is 7.50. The van der Waals surface area contributed by atoms with Gasteiger partial charge in [-0.3, -0.25) is 10.1 Å². The van der Waals surface area contributed by atoms with Gasteiger partial charge >= 0.3 is 5.97 Å². The molecule has 104 valence electrons. The average Bonchev–Trinajstić information content (AvgIpc) is 2.91. The molecule has 1 aromatic heterocycles. The molecule has 2 unspecified atom stereocenters. The van der Waals surface area contributed by atoms with Crippen molar-refractivity contribution < 1.29 is 14.6 Å². The maximum absolute atomic E-state index is 11.5. The third-order valence-corrected chi connectivity index (χ3v) is 3.75. The van der Waals surface area contributed by atoms with Gasteiger partial charge in [-0.15, -0.1) is 0 Å². The van der Waals surface area contributed by atoms with Crippen LogP contribution in [-0.2, 0) is 9.53 Å². The van der Waals surface area contributed by atoms with E-state index in [0.29, 0.717) is 12.6 Å². The molecule has 1 aliphatic carbocycles. The molecule has 1 saturated heterocycles. The molecule has 6 heteroatoms. The van der Waals surface area contributed by atoms with Gasteiger partial charge in [0.1, 0.15) is 6.04 Å². The highest BCUT2D eigenvalue weighted by molar-refractivity contribution is 5.74. The number of nitrogens with zero attached hydrogens (tertiary/aromatic N) is 2. The molecule has 6 nitrogen and oxygen atoms in total. The van der Waals surface area contributed by atoms with E-state index in [1.54, 1.807) is 12.5 Å². The predicted octanol–water partition coefficient (Wildman–Crippen LogP) is 1.11. The monoisotopic (exact) mass is 265 g/mol. The van der Waals surface area contributed by atoms with E-state index in [-0.39, 0.29) is 6.10 Å². The van der Waals surface area contributed by atoms with Gasteiger partial charge in [0, 0.05) is 19.2 Å². The Morgan fingerprint density at radius 3 is 3.05 bits per heavy atom. The highest BCUT2D eigenvalue weighted by Crippen LogP contribution is 2.36. The normalized spacial score (nSPS) is 24.5. The number of nitrogens with one attached hydrogen (secondary N) is 1. The molecule has 1 aliphatic heterocycles.